The van der Waals surface area contributed by atoms with Crippen LogP contribution >= 0.6 is 0 Å². The van der Waals surface area contributed by atoms with Gasteiger partial charge < -0.3 is 14.7 Å². The molecule has 3 aromatic rings. The molecule has 0 bridgehead atoms. The normalized spacial score (nSPS) is 19.5. The van der Waals surface area contributed by atoms with E-state index < -0.39 is 0 Å². The highest BCUT2D eigenvalue weighted by Crippen LogP contribution is 2.47. The molecule has 3 nitrogen and oxygen atoms in total. The maximum Gasteiger partial charge on any atom is 0.123 e. The Kier molecular flexibility index (Phi) is 9.18. The number of ether oxygens (including phenoxy) is 1. The Morgan fingerprint density at radius 1 is 0.730 bits per heavy atom. The Balaban J connectivity index is 1.12. The van der Waals surface area contributed by atoms with E-state index in [1.165, 1.54) is 94.1 Å². The first kappa shape index (κ1) is 25.9. The summed E-state index contributed by atoms with van der Waals surface area (Å²) in [4.78, 5) is 2.64. The van der Waals surface area contributed by atoms with Crippen LogP contribution in [0.5, 0.6) is 11.5 Å². The lowest BCUT2D eigenvalue weighted by molar-refractivity contribution is 0.248. The van der Waals surface area contributed by atoms with Crippen LogP contribution in [0.3, 0.4) is 0 Å². The van der Waals surface area contributed by atoms with Crippen LogP contribution in [0.2, 0.25) is 0 Å². The number of hydrogen-bond acceptors (Lipinski definition) is 3. The van der Waals surface area contributed by atoms with Gasteiger partial charge in [-0.1, -0.05) is 86.7 Å². The lowest BCUT2D eigenvalue weighted by Crippen LogP contribution is -2.25. The molecule has 1 N–H and O–H groups in total. The van der Waals surface area contributed by atoms with Crippen molar-refractivity contribution < 1.29 is 9.84 Å². The second-order valence-electron chi connectivity index (χ2n) is 11.0. The fourth-order valence-corrected chi connectivity index (χ4v) is 6.25. The highest BCUT2D eigenvalue weighted by Gasteiger charge is 2.33. The summed E-state index contributed by atoms with van der Waals surface area (Å²) < 4.78 is 6.14. The van der Waals surface area contributed by atoms with Gasteiger partial charge >= 0.3 is 0 Å². The number of rotatable bonds is 12. The number of unbranched alkanes of at least 4 members (excludes halogenated alkanes) is 6. The number of fused-ring (bicyclic) bond motifs is 1. The number of phenolic OH excluding ortho intramolecular Hbond substituents is 1. The van der Waals surface area contributed by atoms with Gasteiger partial charge in [0.15, 0.2) is 0 Å². The number of benzene rings is 3. The summed E-state index contributed by atoms with van der Waals surface area (Å²) in [5.74, 6) is 1.56. The van der Waals surface area contributed by atoms with Gasteiger partial charge in [-0.15, -0.1) is 0 Å². The molecule has 2 heterocycles. The molecule has 196 valence electrons. The molecule has 1 fully saturated rings. The molecule has 0 amide bonds. The molecule has 0 radical (unpaired) electrons. The largest absolute Gasteiger partial charge is 0.508 e. The molecule has 37 heavy (non-hydrogen) atoms. The number of likely N-dealkylation sites (tertiary alicyclic amines) is 1. The number of nitrogens with zero attached hydrogens (tertiary/aromatic N) is 1. The topological polar surface area (TPSA) is 32.7 Å². The second-order valence-corrected chi connectivity index (χ2v) is 11.0. The lowest BCUT2D eigenvalue weighted by Gasteiger charge is -2.34. The summed E-state index contributed by atoms with van der Waals surface area (Å²) in [5.41, 5.74) is 5.07. The Morgan fingerprint density at radius 3 is 2.19 bits per heavy atom. The van der Waals surface area contributed by atoms with Crippen LogP contribution in [-0.4, -0.2) is 36.2 Å². The summed E-state index contributed by atoms with van der Waals surface area (Å²) in [5, 5.41) is 10.2. The van der Waals surface area contributed by atoms with E-state index in [0.29, 0.717) is 12.4 Å². The maximum atomic E-state index is 10.2. The van der Waals surface area contributed by atoms with Gasteiger partial charge in [-0.2, -0.15) is 0 Å². The van der Waals surface area contributed by atoms with Gasteiger partial charge in [0.05, 0.1) is 6.61 Å². The summed E-state index contributed by atoms with van der Waals surface area (Å²) in [6.45, 7) is 4.64. The number of aromatic hydroxyl groups is 1. The quantitative estimate of drug-likeness (QED) is 0.257. The zero-order valence-electron chi connectivity index (χ0n) is 22.3. The fourth-order valence-electron chi connectivity index (χ4n) is 6.25. The van der Waals surface area contributed by atoms with Crippen molar-refractivity contribution in [3.63, 3.8) is 0 Å². The minimum atomic E-state index is 0.165. The van der Waals surface area contributed by atoms with Gasteiger partial charge in [-0.05, 0) is 86.6 Å². The second kappa shape index (κ2) is 13.1. The van der Waals surface area contributed by atoms with Crippen molar-refractivity contribution >= 4 is 0 Å². The van der Waals surface area contributed by atoms with Gasteiger partial charge in [0.1, 0.15) is 11.5 Å². The summed E-state index contributed by atoms with van der Waals surface area (Å²) in [6, 6.07) is 25.4. The number of hydrogen-bond donors (Lipinski definition) is 1. The van der Waals surface area contributed by atoms with Crippen molar-refractivity contribution in [2.75, 3.05) is 26.2 Å². The maximum absolute atomic E-state index is 10.2. The fraction of sp³-hybridized carbons (Fsp3) is 0.471. The molecule has 3 aromatic carbocycles. The van der Waals surface area contributed by atoms with Gasteiger partial charge in [-0.25, -0.2) is 0 Å². The van der Waals surface area contributed by atoms with Crippen LogP contribution in [0, 0.1) is 0 Å². The molecule has 1 saturated heterocycles. The number of aryl methyl sites for hydroxylation is 1. The van der Waals surface area contributed by atoms with Gasteiger partial charge in [0, 0.05) is 17.4 Å². The Hall–Kier alpha value is -2.78. The first-order chi connectivity index (χ1) is 18.3. The van der Waals surface area contributed by atoms with E-state index in [1.807, 2.05) is 12.1 Å². The third kappa shape index (κ3) is 6.96. The van der Waals surface area contributed by atoms with Crippen LogP contribution in [0.4, 0.5) is 0 Å². The molecule has 0 aromatic heterocycles. The molecule has 0 spiro atoms. The minimum absolute atomic E-state index is 0.165. The van der Waals surface area contributed by atoms with E-state index >= 15 is 0 Å². The van der Waals surface area contributed by atoms with E-state index in [0.717, 1.165) is 17.7 Å². The van der Waals surface area contributed by atoms with E-state index in [9.17, 15) is 5.11 Å². The Labute approximate surface area is 223 Å². The molecular weight excluding hydrogens is 454 g/mol. The lowest BCUT2D eigenvalue weighted by atomic mass is 9.75. The van der Waals surface area contributed by atoms with E-state index in [-0.39, 0.29) is 11.8 Å². The van der Waals surface area contributed by atoms with Gasteiger partial charge in [0.2, 0.25) is 0 Å². The van der Waals surface area contributed by atoms with Crippen molar-refractivity contribution in [3.05, 3.63) is 95.1 Å². The minimum Gasteiger partial charge on any atom is -0.508 e. The van der Waals surface area contributed by atoms with Crippen LogP contribution in [0.15, 0.2) is 72.8 Å². The average molecular weight is 498 g/mol. The third-order valence-electron chi connectivity index (χ3n) is 8.35. The van der Waals surface area contributed by atoms with Crippen LogP contribution in [0.1, 0.15) is 91.9 Å². The van der Waals surface area contributed by atoms with Crippen molar-refractivity contribution in [2.24, 2.45) is 0 Å². The Bertz CT molecular complexity index is 1090. The highest BCUT2D eigenvalue weighted by atomic mass is 16.5. The van der Waals surface area contributed by atoms with Crippen molar-refractivity contribution in [3.8, 4) is 11.5 Å². The monoisotopic (exact) mass is 497 g/mol. The summed E-state index contributed by atoms with van der Waals surface area (Å²) in [7, 11) is 0. The molecule has 3 heteroatoms. The summed E-state index contributed by atoms with van der Waals surface area (Å²) >= 11 is 0. The van der Waals surface area contributed by atoms with Crippen molar-refractivity contribution in [1.29, 1.82) is 0 Å². The molecule has 2 unspecified atom stereocenters. The van der Waals surface area contributed by atoms with Crippen molar-refractivity contribution in [2.45, 2.75) is 76.0 Å². The molecule has 2 aliphatic rings. The molecule has 2 aliphatic heterocycles. The van der Waals surface area contributed by atoms with Crippen LogP contribution in [-0.2, 0) is 6.42 Å². The van der Waals surface area contributed by atoms with Crippen molar-refractivity contribution in [1.82, 2.24) is 4.90 Å². The van der Waals surface area contributed by atoms with E-state index in [1.54, 1.807) is 6.07 Å². The first-order valence-electron chi connectivity index (χ1n) is 14.6. The standard InChI is InChI=1S/C34H43NO2/c36-30-20-21-33-31(25-30)34(32(26-37-33)28-14-8-6-9-15-28)29-18-16-27(17-19-29)13-7-4-2-1-3-5-10-22-35-23-11-12-24-35/h6,8-9,14-21,25,32,34,36H,1-5,7,10-13,22-24,26H2. The zero-order valence-corrected chi connectivity index (χ0v) is 22.3. The van der Waals surface area contributed by atoms with Gasteiger partial charge in [0.25, 0.3) is 0 Å². The number of phenols is 1. The predicted octanol–water partition coefficient (Wildman–Crippen LogP) is 8.07. The average Bonchev–Trinajstić information content (AvgIpc) is 3.46. The molecular formula is C34H43NO2. The zero-order chi connectivity index (χ0) is 25.3. The predicted molar refractivity (Wildman–Crippen MR) is 153 cm³/mol. The van der Waals surface area contributed by atoms with Crippen LogP contribution < -0.4 is 4.74 Å². The Morgan fingerprint density at radius 2 is 1.43 bits per heavy atom. The molecule has 0 saturated carbocycles. The first-order valence-corrected chi connectivity index (χ1v) is 14.6. The van der Waals surface area contributed by atoms with E-state index in [2.05, 4.69) is 59.5 Å². The molecule has 2 atom stereocenters. The SMILES string of the molecule is Oc1ccc2c(c1)C(c1ccc(CCCCCCCCCN3CCCC3)cc1)C(c1ccccc1)CO2. The van der Waals surface area contributed by atoms with Gasteiger partial charge in [-0.3, -0.25) is 0 Å². The third-order valence-corrected chi connectivity index (χ3v) is 8.35. The van der Waals surface area contributed by atoms with E-state index in [4.69, 9.17) is 4.74 Å². The van der Waals surface area contributed by atoms with Crippen LogP contribution in [0.25, 0.3) is 0 Å². The molecule has 0 aliphatic carbocycles. The highest BCUT2D eigenvalue weighted by molar-refractivity contribution is 5.50. The molecule has 5 rings (SSSR count). The summed E-state index contributed by atoms with van der Waals surface area (Å²) in [6.07, 6.45) is 13.5. The smallest absolute Gasteiger partial charge is 0.123 e.